The minimum Gasteiger partial charge on any atom is -0.480 e. The summed E-state index contributed by atoms with van der Waals surface area (Å²) in [6.07, 6.45) is 0.265. The molecule has 21 heavy (non-hydrogen) atoms. The Morgan fingerprint density at radius 3 is 2.38 bits per heavy atom. The summed E-state index contributed by atoms with van der Waals surface area (Å²) in [6.45, 7) is 0.0979. The van der Waals surface area contributed by atoms with E-state index in [9.17, 15) is 22.2 Å². The Labute approximate surface area is 125 Å². The first-order valence-corrected chi connectivity index (χ1v) is 9.92. The highest BCUT2D eigenvalue weighted by molar-refractivity contribution is 7.91. The largest absolute Gasteiger partial charge is 0.480 e. The zero-order valence-electron chi connectivity index (χ0n) is 11.4. The summed E-state index contributed by atoms with van der Waals surface area (Å²) in [4.78, 5) is 26.0. The number of aliphatic carboxylic acids is 1. The van der Waals surface area contributed by atoms with Crippen LogP contribution in [-0.4, -0.2) is 88.2 Å². The Morgan fingerprint density at radius 1 is 1.29 bits per heavy atom. The predicted octanol–water partition coefficient (Wildman–Crippen LogP) is -1.26. The van der Waals surface area contributed by atoms with E-state index in [0.717, 1.165) is 4.90 Å². The lowest BCUT2D eigenvalue weighted by Gasteiger charge is -2.34. The van der Waals surface area contributed by atoms with E-state index >= 15 is 0 Å². The molecule has 2 fully saturated rings. The number of sulfone groups is 1. The van der Waals surface area contributed by atoms with Gasteiger partial charge in [0.2, 0.25) is 0 Å². The van der Waals surface area contributed by atoms with E-state index in [1.54, 1.807) is 0 Å². The normalized spacial score (nSPS) is 25.7. The van der Waals surface area contributed by atoms with Crippen molar-refractivity contribution >= 4 is 32.6 Å². The van der Waals surface area contributed by atoms with E-state index in [1.165, 1.54) is 4.90 Å². The van der Waals surface area contributed by atoms with Crippen LogP contribution in [0.4, 0.5) is 4.79 Å². The average molecular weight is 338 g/mol. The molecule has 2 rings (SSSR count). The lowest BCUT2D eigenvalue weighted by molar-refractivity contribution is -0.138. The molecule has 120 valence electrons. The summed E-state index contributed by atoms with van der Waals surface area (Å²) >= 11 is 0. The van der Waals surface area contributed by atoms with Crippen molar-refractivity contribution in [2.24, 2.45) is 0 Å². The maximum atomic E-state index is 12.4. The Kier molecular flexibility index (Phi) is 4.87. The molecule has 0 aromatic heterocycles. The summed E-state index contributed by atoms with van der Waals surface area (Å²) in [6, 6.07) is -1.07. The van der Waals surface area contributed by atoms with Gasteiger partial charge in [0.1, 0.15) is 6.54 Å². The van der Waals surface area contributed by atoms with Gasteiger partial charge >= 0.3 is 12.0 Å². The molecule has 2 heterocycles. The van der Waals surface area contributed by atoms with Crippen LogP contribution in [0, 0.1) is 0 Å². The van der Waals surface area contributed by atoms with E-state index in [4.69, 9.17) is 5.11 Å². The van der Waals surface area contributed by atoms with Crippen LogP contribution in [0.2, 0.25) is 0 Å². The summed E-state index contributed by atoms with van der Waals surface area (Å²) in [7, 11) is -4.14. The third-order valence-corrected chi connectivity index (χ3v) is 6.67. The van der Waals surface area contributed by atoms with Gasteiger partial charge < -0.3 is 14.9 Å². The Bertz CT molecular complexity index is 551. The standard InChI is InChI=1S/C11H18N2O6S2/c14-10(15)7-13(9-1-6-21(18,19)8-9)11(16)12-2-4-20(17)5-3-12/h9H,1-8H2,(H,14,15). The first kappa shape index (κ1) is 16.2. The van der Waals surface area contributed by atoms with E-state index < -0.39 is 45.2 Å². The molecule has 2 aliphatic rings. The van der Waals surface area contributed by atoms with Crippen molar-refractivity contribution in [3.05, 3.63) is 0 Å². The van der Waals surface area contributed by atoms with Crippen LogP contribution in [-0.2, 0) is 25.4 Å². The molecule has 8 nitrogen and oxygen atoms in total. The second-order valence-electron chi connectivity index (χ2n) is 5.20. The Balaban J connectivity index is 2.10. The molecule has 2 amide bonds. The molecule has 0 aromatic carbocycles. The molecule has 10 heteroatoms. The highest BCUT2D eigenvalue weighted by Gasteiger charge is 2.37. The average Bonchev–Trinajstić information content (AvgIpc) is 2.76. The van der Waals surface area contributed by atoms with Gasteiger partial charge in [-0.3, -0.25) is 9.00 Å². The first-order valence-electron chi connectivity index (χ1n) is 6.61. The highest BCUT2D eigenvalue weighted by atomic mass is 32.2. The van der Waals surface area contributed by atoms with Gasteiger partial charge in [-0.2, -0.15) is 0 Å². The smallest absolute Gasteiger partial charge is 0.323 e. The monoisotopic (exact) mass is 338 g/mol. The Hall–Kier alpha value is -1.16. The van der Waals surface area contributed by atoms with Crippen molar-refractivity contribution in [2.75, 3.05) is 42.6 Å². The van der Waals surface area contributed by atoms with E-state index in [0.29, 0.717) is 24.6 Å². The van der Waals surface area contributed by atoms with Crippen LogP contribution in [0.15, 0.2) is 0 Å². The molecule has 1 unspecified atom stereocenters. The molecule has 2 saturated heterocycles. The van der Waals surface area contributed by atoms with E-state index in [1.807, 2.05) is 0 Å². The van der Waals surface area contributed by atoms with Gasteiger partial charge in [0.05, 0.1) is 11.5 Å². The van der Waals surface area contributed by atoms with E-state index in [2.05, 4.69) is 0 Å². The second kappa shape index (κ2) is 6.30. The SMILES string of the molecule is O=C(O)CN(C(=O)N1CCS(=O)CC1)C1CCS(=O)(=O)C1. The van der Waals surface area contributed by atoms with Crippen LogP contribution in [0.25, 0.3) is 0 Å². The molecule has 0 saturated carbocycles. The molecule has 1 atom stereocenters. The fraction of sp³-hybridized carbons (Fsp3) is 0.818. The van der Waals surface area contributed by atoms with Crippen molar-refractivity contribution in [3.8, 4) is 0 Å². The zero-order chi connectivity index (χ0) is 15.6. The quantitative estimate of drug-likeness (QED) is 0.688. The fourth-order valence-electron chi connectivity index (χ4n) is 2.53. The van der Waals surface area contributed by atoms with Crippen LogP contribution < -0.4 is 0 Å². The van der Waals surface area contributed by atoms with Gasteiger partial charge in [-0.15, -0.1) is 0 Å². The molecule has 0 aromatic rings. The van der Waals surface area contributed by atoms with E-state index in [-0.39, 0.29) is 17.9 Å². The fourth-order valence-corrected chi connectivity index (χ4v) is 5.31. The number of amides is 2. The van der Waals surface area contributed by atoms with Crippen LogP contribution >= 0.6 is 0 Å². The maximum Gasteiger partial charge on any atom is 0.323 e. The number of rotatable bonds is 3. The zero-order valence-corrected chi connectivity index (χ0v) is 13.1. The number of carbonyl (C=O) groups is 2. The van der Waals surface area contributed by atoms with Crippen LogP contribution in [0.3, 0.4) is 0 Å². The maximum absolute atomic E-state index is 12.4. The topological polar surface area (TPSA) is 112 Å². The summed E-state index contributed by atoms with van der Waals surface area (Å²) in [5, 5.41) is 8.95. The van der Waals surface area contributed by atoms with Crippen molar-refractivity contribution < 1.29 is 27.3 Å². The number of carboxylic acids is 1. The van der Waals surface area contributed by atoms with Gasteiger partial charge in [0.25, 0.3) is 0 Å². The number of carbonyl (C=O) groups excluding carboxylic acids is 1. The number of hydrogen-bond donors (Lipinski definition) is 1. The van der Waals surface area contributed by atoms with Crippen molar-refractivity contribution in [2.45, 2.75) is 12.5 Å². The molecule has 0 radical (unpaired) electrons. The molecule has 0 spiro atoms. The van der Waals surface area contributed by atoms with Crippen LogP contribution in [0.5, 0.6) is 0 Å². The van der Waals surface area contributed by atoms with Gasteiger partial charge in [-0.1, -0.05) is 0 Å². The van der Waals surface area contributed by atoms with Crippen LogP contribution in [0.1, 0.15) is 6.42 Å². The number of carboxylic acid groups (broad SMARTS) is 1. The minimum atomic E-state index is -3.20. The second-order valence-corrected chi connectivity index (χ2v) is 9.12. The Morgan fingerprint density at radius 2 is 1.90 bits per heavy atom. The van der Waals surface area contributed by atoms with Crippen molar-refractivity contribution in [3.63, 3.8) is 0 Å². The molecular weight excluding hydrogens is 320 g/mol. The number of urea groups is 1. The third kappa shape index (κ3) is 4.16. The molecule has 0 aliphatic carbocycles. The van der Waals surface area contributed by atoms with Gasteiger partial charge in [-0.05, 0) is 6.42 Å². The summed E-state index contributed by atoms with van der Waals surface area (Å²) < 4.78 is 34.4. The predicted molar refractivity (Wildman–Crippen MR) is 76.2 cm³/mol. The highest BCUT2D eigenvalue weighted by Crippen LogP contribution is 2.19. The third-order valence-electron chi connectivity index (χ3n) is 3.65. The minimum absolute atomic E-state index is 0.0227. The number of nitrogens with zero attached hydrogens (tertiary/aromatic N) is 2. The van der Waals surface area contributed by atoms with Gasteiger partial charge in [0.15, 0.2) is 9.84 Å². The van der Waals surface area contributed by atoms with Gasteiger partial charge in [-0.25, -0.2) is 13.2 Å². The lowest BCUT2D eigenvalue weighted by Crippen LogP contribution is -2.53. The molecule has 2 aliphatic heterocycles. The van der Waals surface area contributed by atoms with Crippen molar-refractivity contribution in [1.82, 2.24) is 9.80 Å². The molecular formula is C11H18N2O6S2. The molecule has 1 N–H and O–H groups in total. The van der Waals surface area contributed by atoms with Crippen molar-refractivity contribution in [1.29, 1.82) is 0 Å². The first-order chi connectivity index (χ1) is 9.78. The van der Waals surface area contributed by atoms with Gasteiger partial charge in [0, 0.05) is 41.4 Å². The number of hydrogen-bond acceptors (Lipinski definition) is 5. The lowest BCUT2D eigenvalue weighted by atomic mass is 10.2. The summed E-state index contributed by atoms with van der Waals surface area (Å²) in [5.41, 5.74) is 0. The summed E-state index contributed by atoms with van der Waals surface area (Å²) in [5.74, 6) is -0.643. The molecule has 0 bridgehead atoms.